The summed E-state index contributed by atoms with van der Waals surface area (Å²) in [7, 11) is 0. The van der Waals surface area contributed by atoms with Crippen molar-refractivity contribution < 1.29 is 9.90 Å². The quantitative estimate of drug-likeness (QED) is 0.417. The van der Waals surface area contributed by atoms with E-state index in [4.69, 9.17) is 0 Å². The van der Waals surface area contributed by atoms with E-state index in [9.17, 15) is 24.3 Å². The lowest BCUT2D eigenvalue weighted by atomic mass is 10.1. The van der Waals surface area contributed by atoms with Gasteiger partial charge in [0, 0.05) is 6.42 Å². The molecule has 0 saturated carbocycles. The van der Waals surface area contributed by atoms with E-state index >= 15 is 0 Å². The van der Waals surface area contributed by atoms with Crippen molar-refractivity contribution >= 4 is 29.9 Å². The number of hydrogen-bond donors (Lipinski definition) is 4. The molecule has 0 bridgehead atoms. The molecule has 3 N–H and O–H groups in total. The van der Waals surface area contributed by atoms with Gasteiger partial charge in [-0.3, -0.25) is 19.6 Å². The van der Waals surface area contributed by atoms with Crippen molar-refractivity contribution in [1.82, 2.24) is 18.5 Å². The number of fused-ring (bicyclic) bond motifs is 1. The Labute approximate surface area is 141 Å². The maximum Gasteiger partial charge on any atom is 0.349 e. The number of H-pyrrole nitrogens is 2. The van der Waals surface area contributed by atoms with Crippen LogP contribution in [-0.4, -0.2) is 35.6 Å². The number of thiol groups is 1. The molecule has 0 radical (unpaired) electrons. The van der Waals surface area contributed by atoms with Crippen LogP contribution in [0.5, 0.6) is 0 Å². The maximum atomic E-state index is 12.4. The number of carbonyl (C=O) groups excluding carboxylic acids is 1. The van der Waals surface area contributed by atoms with Crippen molar-refractivity contribution in [2.24, 2.45) is 0 Å². The van der Waals surface area contributed by atoms with Crippen molar-refractivity contribution in [3.05, 3.63) is 31.3 Å². The van der Waals surface area contributed by atoms with E-state index in [1.54, 1.807) is 0 Å². The molecule has 0 fully saturated rings. The van der Waals surface area contributed by atoms with Gasteiger partial charge in [-0.25, -0.2) is 18.1 Å². The fraction of sp³-hybridized carbons (Fsp3) is 0.571. The number of imidazole rings is 1. The molecular formula is C14H20N4O5S. The molecule has 2 aromatic heterocycles. The number of rotatable bonds is 7. The van der Waals surface area contributed by atoms with Crippen LogP contribution in [0.1, 0.15) is 50.2 Å². The van der Waals surface area contributed by atoms with Gasteiger partial charge in [-0.15, -0.1) is 0 Å². The molecule has 2 aromatic rings. The molecular weight excluding hydrogens is 336 g/mol. The second-order valence-corrected chi connectivity index (χ2v) is 6.02. The number of carbonyl (C=O) groups is 1. The Balaban J connectivity index is 2.25. The highest BCUT2D eigenvalue weighted by Gasteiger charge is 2.20. The van der Waals surface area contributed by atoms with Crippen LogP contribution in [-0.2, 0) is 0 Å². The molecule has 2 heterocycles. The molecule has 0 saturated heterocycles. The molecule has 0 aliphatic carbocycles. The predicted molar refractivity (Wildman–Crippen MR) is 91.8 cm³/mol. The normalized spacial score (nSPS) is 12.6. The summed E-state index contributed by atoms with van der Waals surface area (Å²) in [5.74, 6) is -0.627. The zero-order valence-corrected chi connectivity index (χ0v) is 14.1. The third-order valence-corrected chi connectivity index (χ3v) is 4.14. The molecule has 2 rings (SSSR count). The van der Waals surface area contributed by atoms with E-state index in [0.29, 0.717) is 15.0 Å². The van der Waals surface area contributed by atoms with Crippen LogP contribution in [0.15, 0.2) is 14.4 Å². The number of aliphatic hydroxyl groups excluding tert-OH is 1. The van der Waals surface area contributed by atoms with Crippen molar-refractivity contribution in [2.45, 2.75) is 51.6 Å². The lowest BCUT2D eigenvalue weighted by Crippen LogP contribution is -2.39. The largest absolute Gasteiger partial charge is 0.393 e. The Kier molecular flexibility index (Phi) is 5.84. The van der Waals surface area contributed by atoms with Gasteiger partial charge in [-0.1, -0.05) is 39.0 Å². The summed E-state index contributed by atoms with van der Waals surface area (Å²) in [4.78, 5) is 52.3. The van der Waals surface area contributed by atoms with Crippen molar-refractivity contribution in [2.75, 3.05) is 0 Å². The van der Waals surface area contributed by atoms with Gasteiger partial charge in [0.05, 0.1) is 6.10 Å². The molecule has 0 aromatic carbocycles. The van der Waals surface area contributed by atoms with Gasteiger partial charge >= 0.3 is 11.4 Å². The number of aromatic nitrogens is 4. The number of aromatic amines is 2. The van der Waals surface area contributed by atoms with E-state index in [2.05, 4.69) is 29.7 Å². The average Bonchev–Trinajstić information content (AvgIpc) is 2.92. The molecule has 9 nitrogen and oxygen atoms in total. The van der Waals surface area contributed by atoms with Crippen LogP contribution in [0.3, 0.4) is 0 Å². The molecule has 1 atom stereocenters. The van der Waals surface area contributed by atoms with Gasteiger partial charge in [-0.2, -0.15) is 0 Å². The number of nitrogens with zero attached hydrogens (tertiary/aromatic N) is 2. The highest BCUT2D eigenvalue weighted by molar-refractivity contribution is 7.78. The third kappa shape index (κ3) is 3.70. The Morgan fingerprint density at radius 3 is 2.58 bits per heavy atom. The second-order valence-electron chi connectivity index (χ2n) is 5.62. The van der Waals surface area contributed by atoms with Crippen molar-refractivity contribution in [1.29, 1.82) is 0 Å². The smallest absolute Gasteiger partial charge is 0.349 e. The first-order chi connectivity index (χ1) is 11.4. The summed E-state index contributed by atoms with van der Waals surface area (Å²) >= 11 is 3.76. The fourth-order valence-corrected chi connectivity index (χ4v) is 2.68. The number of nitrogens with one attached hydrogen (secondary N) is 2. The SMILES string of the molecule is CCCCCC(O)CCC(=O)n1c(=O)n(S)c(=O)c2[nH]c(=O)[nH]c21. The first-order valence-corrected chi connectivity index (χ1v) is 8.17. The van der Waals surface area contributed by atoms with Gasteiger partial charge in [0.25, 0.3) is 5.56 Å². The zero-order valence-electron chi connectivity index (χ0n) is 13.2. The number of aliphatic hydroxyl groups is 1. The van der Waals surface area contributed by atoms with Crippen molar-refractivity contribution in [3.63, 3.8) is 0 Å². The molecule has 0 aliphatic heterocycles. The molecule has 10 heteroatoms. The topological polar surface area (TPSA) is 130 Å². The standard InChI is InChI=1S/C14H20N4O5S/c1-2-3-4-5-8(19)6-7-9(20)17-11-10(15-13(22)16-11)12(21)18(24)14(17)23/h8,19,24H,2-7H2,1H3,(H2,15,16,22). The van der Waals surface area contributed by atoms with Gasteiger partial charge in [0.2, 0.25) is 5.91 Å². The lowest BCUT2D eigenvalue weighted by Gasteiger charge is -2.11. The van der Waals surface area contributed by atoms with Crippen LogP contribution in [0.25, 0.3) is 11.2 Å². The zero-order chi connectivity index (χ0) is 17.9. The number of unbranched alkanes of at least 4 members (excludes halogenated alkanes) is 2. The number of hydrogen-bond acceptors (Lipinski definition) is 6. The van der Waals surface area contributed by atoms with Crippen LogP contribution in [0, 0.1) is 0 Å². The molecule has 132 valence electrons. The second kappa shape index (κ2) is 7.67. The summed E-state index contributed by atoms with van der Waals surface area (Å²) in [6, 6.07) is 0. The Hall–Kier alpha value is -2.07. The molecule has 0 spiro atoms. The summed E-state index contributed by atoms with van der Waals surface area (Å²) < 4.78 is 1.15. The first kappa shape index (κ1) is 18.3. The minimum Gasteiger partial charge on any atom is -0.393 e. The Morgan fingerprint density at radius 1 is 1.21 bits per heavy atom. The minimum absolute atomic E-state index is 0.0957. The van der Waals surface area contributed by atoms with Crippen LogP contribution in [0.4, 0.5) is 0 Å². The van der Waals surface area contributed by atoms with E-state index in [1.165, 1.54) is 0 Å². The summed E-state index contributed by atoms with van der Waals surface area (Å²) in [6.07, 6.45) is 2.93. The van der Waals surface area contributed by atoms with Gasteiger partial charge < -0.3 is 5.11 Å². The monoisotopic (exact) mass is 356 g/mol. The molecule has 0 amide bonds. The summed E-state index contributed by atoms with van der Waals surface area (Å²) in [6.45, 7) is 2.05. The third-order valence-electron chi connectivity index (χ3n) is 3.79. The van der Waals surface area contributed by atoms with Crippen LogP contribution < -0.4 is 16.9 Å². The molecule has 24 heavy (non-hydrogen) atoms. The van der Waals surface area contributed by atoms with Crippen LogP contribution >= 0.6 is 12.8 Å². The Bertz CT molecular complexity index is 906. The maximum absolute atomic E-state index is 12.4. The Morgan fingerprint density at radius 2 is 1.92 bits per heavy atom. The average molecular weight is 356 g/mol. The van der Waals surface area contributed by atoms with Gasteiger partial charge in [0.1, 0.15) is 0 Å². The lowest BCUT2D eigenvalue weighted by molar-refractivity contribution is 0.0851. The van der Waals surface area contributed by atoms with Crippen LogP contribution in [0.2, 0.25) is 0 Å². The van der Waals surface area contributed by atoms with E-state index in [-0.39, 0.29) is 24.0 Å². The minimum atomic E-state index is -0.962. The molecule has 0 aliphatic rings. The van der Waals surface area contributed by atoms with E-state index < -0.39 is 28.9 Å². The summed E-state index contributed by atoms with van der Waals surface area (Å²) in [5, 5.41) is 9.88. The van der Waals surface area contributed by atoms with E-state index in [0.717, 1.165) is 19.3 Å². The highest BCUT2D eigenvalue weighted by Crippen LogP contribution is 2.10. The van der Waals surface area contributed by atoms with Gasteiger partial charge in [-0.05, 0) is 12.8 Å². The first-order valence-electron chi connectivity index (χ1n) is 7.77. The fourth-order valence-electron chi connectivity index (χ4n) is 2.49. The predicted octanol–water partition coefficient (Wildman–Crippen LogP) is 0.234. The van der Waals surface area contributed by atoms with Crippen molar-refractivity contribution in [3.8, 4) is 0 Å². The summed E-state index contributed by atoms with van der Waals surface area (Å²) in [5.41, 5.74) is -2.88. The van der Waals surface area contributed by atoms with E-state index in [1.807, 2.05) is 0 Å². The molecule has 1 unspecified atom stereocenters. The van der Waals surface area contributed by atoms with Gasteiger partial charge in [0.15, 0.2) is 11.2 Å². The highest BCUT2D eigenvalue weighted by atomic mass is 32.1.